The number of hydrogen-bond acceptors (Lipinski definition) is 5. The first-order valence-corrected chi connectivity index (χ1v) is 8.78. The fraction of sp³-hybridized carbons (Fsp3) is 0.350. The number of piperazine rings is 1. The van der Waals surface area contributed by atoms with Crippen molar-refractivity contribution < 1.29 is 9.15 Å². The smallest absolute Gasteiger partial charge is 0.176 e. The SMILES string of the molecule is CCN1CCN(c2nc(-c3ccc(OC)cc3)cc3ccoc23)CC1.Cl.Cl. The number of ether oxygens (including phenoxy) is 1. The maximum Gasteiger partial charge on any atom is 0.176 e. The second-order valence-electron chi connectivity index (χ2n) is 6.32. The largest absolute Gasteiger partial charge is 0.497 e. The number of furan rings is 1. The topological polar surface area (TPSA) is 41.7 Å². The van der Waals surface area contributed by atoms with E-state index < -0.39 is 0 Å². The van der Waals surface area contributed by atoms with Gasteiger partial charge in [-0.25, -0.2) is 4.98 Å². The number of benzene rings is 1. The van der Waals surface area contributed by atoms with Gasteiger partial charge in [-0.15, -0.1) is 24.8 Å². The summed E-state index contributed by atoms with van der Waals surface area (Å²) in [6.45, 7) is 7.39. The highest BCUT2D eigenvalue weighted by molar-refractivity contribution is 5.90. The first kappa shape index (κ1) is 21.4. The van der Waals surface area contributed by atoms with Gasteiger partial charge in [0.05, 0.1) is 19.1 Å². The lowest BCUT2D eigenvalue weighted by molar-refractivity contribution is 0.270. The van der Waals surface area contributed by atoms with E-state index in [-0.39, 0.29) is 24.8 Å². The third-order valence-electron chi connectivity index (χ3n) is 4.92. The molecule has 0 N–H and O–H groups in total. The molecule has 7 heteroatoms. The van der Waals surface area contributed by atoms with Crippen LogP contribution in [0.15, 0.2) is 47.1 Å². The molecular formula is C20H25Cl2N3O2. The summed E-state index contributed by atoms with van der Waals surface area (Å²) in [5.41, 5.74) is 2.92. The average molecular weight is 410 g/mol. The van der Waals surface area contributed by atoms with Crippen LogP contribution in [0.1, 0.15) is 6.92 Å². The highest BCUT2D eigenvalue weighted by Crippen LogP contribution is 2.32. The molecule has 2 aromatic heterocycles. The molecule has 0 atom stereocenters. The molecule has 0 amide bonds. The number of aromatic nitrogens is 1. The van der Waals surface area contributed by atoms with Gasteiger partial charge < -0.3 is 19.0 Å². The van der Waals surface area contributed by atoms with Crippen molar-refractivity contribution in [2.24, 2.45) is 0 Å². The maximum absolute atomic E-state index is 5.75. The minimum atomic E-state index is 0. The van der Waals surface area contributed by atoms with Crippen molar-refractivity contribution in [3.05, 3.63) is 42.7 Å². The van der Waals surface area contributed by atoms with Crippen LogP contribution in [-0.4, -0.2) is 49.7 Å². The normalized spacial score (nSPS) is 14.5. The monoisotopic (exact) mass is 409 g/mol. The van der Waals surface area contributed by atoms with Crippen LogP contribution in [0, 0.1) is 0 Å². The van der Waals surface area contributed by atoms with E-state index in [2.05, 4.69) is 22.8 Å². The minimum absolute atomic E-state index is 0. The fourth-order valence-electron chi connectivity index (χ4n) is 3.36. The van der Waals surface area contributed by atoms with Gasteiger partial charge in [-0.2, -0.15) is 0 Å². The molecule has 0 spiro atoms. The fourth-order valence-corrected chi connectivity index (χ4v) is 3.36. The summed E-state index contributed by atoms with van der Waals surface area (Å²) < 4.78 is 11.0. The number of halogens is 2. The number of methoxy groups -OCH3 is 1. The van der Waals surface area contributed by atoms with Crippen molar-refractivity contribution in [1.29, 1.82) is 0 Å². The number of anilines is 1. The summed E-state index contributed by atoms with van der Waals surface area (Å²) >= 11 is 0. The zero-order chi connectivity index (χ0) is 17.2. The second-order valence-corrected chi connectivity index (χ2v) is 6.32. The quantitative estimate of drug-likeness (QED) is 0.634. The molecule has 146 valence electrons. The summed E-state index contributed by atoms with van der Waals surface area (Å²) in [7, 11) is 1.68. The molecule has 0 unspecified atom stereocenters. The molecule has 1 aromatic carbocycles. The predicted octanol–water partition coefficient (Wildman–Crippen LogP) is 4.49. The molecule has 1 saturated heterocycles. The predicted molar refractivity (Wildman–Crippen MR) is 115 cm³/mol. The summed E-state index contributed by atoms with van der Waals surface area (Å²) in [4.78, 5) is 9.75. The molecule has 1 fully saturated rings. The highest BCUT2D eigenvalue weighted by Gasteiger charge is 2.21. The molecule has 3 heterocycles. The summed E-state index contributed by atoms with van der Waals surface area (Å²) in [6, 6.07) is 12.1. The summed E-state index contributed by atoms with van der Waals surface area (Å²) in [5, 5.41) is 1.09. The van der Waals surface area contributed by atoms with Gasteiger partial charge in [-0.3, -0.25) is 0 Å². The Morgan fingerprint density at radius 2 is 1.74 bits per heavy atom. The van der Waals surface area contributed by atoms with E-state index in [9.17, 15) is 0 Å². The lowest BCUT2D eigenvalue weighted by Crippen LogP contribution is -2.46. The van der Waals surface area contributed by atoms with Crippen molar-refractivity contribution in [2.45, 2.75) is 6.92 Å². The van der Waals surface area contributed by atoms with Crippen molar-refractivity contribution in [3.63, 3.8) is 0 Å². The first-order valence-electron chi connectivity index (χ1n) is 8.78. The van der Waals surface area contributed by atoms with E-state index in [1.807, 2.05) is 30.3 Å². The first-order chi connectivity index (χ1) is 12.3. The molecule has 0 saturated carbocycles. The lowest BCUT2D eigenvalue weighted by Gasteiger charge is -2.34. The number of hydrogen-bond donors (Lipinski definition) is 0. The van der Waals surface area contributed by atoms with E-state index in [0.29, 0.717) is 0 Å². The van der Waals surface area contributed by atoms with E-state index in [1.54, 1.807) is 13.4 Å². The van der Waals surface area contributed by atoms with Crippen LogP contribution in [-0.2, 0) is 0 Å². The van der Waals surface area contributed by atoms with Gasteiger partial charge in [0.1, 0.15) is 5.75 Å². The van der Waals surface area contributed by atoms with Gasteiger partial charge in [0.2, 0.25) is 0 Å². The van der Waals surface area contributed by atoms with E-state index >= 15 is 0 Å². The van der Waals surface area contributed by atoms with Crippen LogP contribution >= 0.6 is 24.8 Å². The minimum Gasteiger partial charge on any atom is -0.497 e. The van der Waals surface area contributed by atoms with Gasteiger partial charge in [-0.1, -0.05) is 6.92 Å². The van der Waals surface area contributed by atoms with Gasteiger partial charge >= 0.3 is 0 Å². The zero-order valence-electron chi connectivity index (χ0n) is 15.6. The van der Waals surface area contributed by atoms with Crippen LogP contribution in [0.5, 0.6) is 5.75 Å². The molecule has 1 aliphatic heterocycles. The van der Waals surface area contributed by atoms with Crippen molar-refractivity contribution >= 4 is 41.6 Å². The molecule has 27 heavy (non-hydrogen) atoms. The molecule has 4 rings (SSSR count). The number of fused-ring (bicyclic) bond motifs is 1. The Morgan fingerprint density at radius 1 is 1.04 bits per heavy atom. The number of rotatable bonds is 4. The summed E-state index contributed by atoms with van der Waals surface area (Å²) in [6.07, 6.45) is 1.75. The van der Waals surface area contributed by atoms with Gasteiger partial charge in [-0.05, 0) is 42.9 Å². The molecule has 0 aliphatic carbocycles. The highest BCUT2D eigenvalue weighted by atomic mass is 35.5. The zero-order valence-corrected chi connectivity index (χ0v) is 17.2. The van der Waals surface area contributed by atoms with E-state index in [0.717, 1.165) is 66.5 Å². The lowest BCUT2D eigenvalue weighted by atomic mass is 10.1. The van der Waals surface area contributed by atoms with Crippen molar-refractivity contribution in [1.82, 2.24) is 9.88 Å². The van der Waals surface area contributed by atoms with Crippen LogP contribution in [0.25, 0.3) is 22.2 Å². The van der Waals surface area contributed by atoms with Gasteiger partial charge in [0, 0.05) is 37.1 Å². The molecule has 0 bridgehead atoms. The Bertz CT molecular complexity index is 859. The van der Waals surface area contributed by atoms with Gasteiger partial charge in [0.15, 0.2) is 11.4 Å². The Hall–Kier alpha value is -1.95. The molecule has 1 aliphatic rings. The number of nitrogens with zero attached hydrogens (tertiary/aromatic N) is 3. The van der Waals surface area contributed by atoms with Crippen LogP contribution in [0.4, 0.5) is 5.82 Å². The van der Waals surface area contributed by atoms with E-state index in [4.69, 9.17) is 14.1 Å². The maximum atomic E-state index is 5.75. The van der Waals surface area contributed by atoms with Crippen LogP contribution < -0.4 is 9.64 Å². The van der Waals surface area contributed by atoms with Crippen LogP contribution in [0.3, 0.4) is 0 Å². The van der Waals surface area contributed by atoms with Crippen molar-refractivity contribution in [3.8, 4) is 17.0 Å². The van der Waals surface area contributed by atoms with Gasteiger partial charge in [0.25, 0.3) is 0 Å². The Morgan fingerprint density at radius 3 is 2.37 bits per heavy atom. The third-order valence-corrected chi connectivity index (χ3v) is 4.92. The molecule has 3 aromatic rings. The van der Waals surface area contributed by atoms with Crippen LogP contribution in [0.2, 0.25) is 0 Å². The second kappa shape index (κ2) is 9.31. The molecular weight excluding hydrogens is 385 g/mol. The Labute approximate surface area is 172 Å². The van der Waals surface area contributed by atoms with E-state index in [1.165, 1.54) is 0 Å². The Balaban J connectivity index is 0.00000131. The third kappa shape index (κ3) is 4.32. The number of likely N-dealkylation sites (N-methyl/N-ethyl adjacent to an activating group) is 1. The average Bonchev–Trinajstić information content (AvgIpc) is 3.16. The number of pyridine rings is 1. The Kier molecular flexibility index (Phi) is 7.36. The molecule has 0 radical (unpaired) electrons. The summed E-state index contributed by atoms with van der Waals surface area (Å²) in [5.74, 6) is 1.80. The standard InChI is InChI=1S/C20H23N3O2.2ClH/c1-3-22-9-11-23(12-10-22)20-19-16(8-13-25-19)14-18(21-20)15-4-6-17(24-2)7-5-15;;/h4-8,13-14H,3,9-12H2,1-2H3;2*1H. The molecule has 5 nitrogen and oxygen atoms in total. The van der Waals surface area contributed by atoms with Crippen molar-refractivity contribution in [2.75, 3.05) is 44.7 Å².